The summed E-state index contributed by atoms with van der Waals surface area (Å²) in [6.45, 7) is 4.17. The van der Waals surface area contributed by atoms with Crippen LogP contribution in [0.4, 0.5) is 4.39 Å². The average Bonchev–Trinajstić information content (AvgIpc) is 3.34. The maximum absolute atomic E-state index is 13.7. The third kappa shape index (κ3) is 6.62. The Morgan fingerprint density at radius 2 is 1.61 bits per heavy atom. The number of rotatable bonds is 10. The molecule has 3 aromatic rings. The summed E-state index contributed by atoms with van der Waals surface area (Å²) in [5.41, 5.74) is 2.65. The molecule has 0 spiro atoms. The van der Waals surface area contributed by atoms with Crippen molar-refractivity contribution in [2.24, 2.45) is 0 Å². The third-order valence-corrected chi connectivity index (χ3v) is 6.03. The zero-order chi connectivity index (χ0) is 25.5. The lowest BCUT2D eigenvalue weighted by atomic mass is 10.0. The zero-order valence-corrected chi connectivity index (χ0v) is 20.6. The van der Waals surface area contributed by atoms with E-state index in [1.165, 1.54) is 12.1 Å². The number of fused-ring (bicyclic) bond motifs is 1. The van der Waals surface area contributed by atoms with E-state index in [0.717, 1.165) is 16.7 Å². The molecule has 36 heavy (non-hydrogen) atoms. The van der Waals surface area contributed by atoms with Gasteiger partial charge >= 0.3 is 0 Å². The summed E-state index contributed by atoms with van der Waals surface area (Å²) >= 11 is 0. The Labute approximate surface area is 211 Å². The molecule has 0 bridgehead atoms. The Morgan fingerprint density at radius 3 is 2.33 bits per heavy atom. The van der Waals surface area contributed by atoms with Crippen LogP contribution in [0.2, 0.25) is 0 Å². The quantitative estimate of drug-likeness (QED) is 0.449. The number of nitrogens with zero attached hydrogens (tertiary/aromatic N) is 1. The summed E-state index contributed by atoms with van der Waals surface area (Å²) < 4.78 is 24.4. The van der Waals surface area contributed by atoms with Gasteiger partial charge in [-0.25, -0.2) is 4.39 Å². The van der Waals surface area contributed by atoms with Crippen LogP contribution < -0.4 is 14.8 Å². The number of ether oxygens (including phenoxy) is 2. The highest BCUT2D eigenvalue weighted by Gasteiger charge is 2.30. The van der Waals surface area contributed by atoms with Gasteiger partial charge in [-0.2, -0.15) is 0 Å². The van der Waals surface area contributed by atoms with Gasteiger partial charge in [0.25, 0.3) is 0 Å². The van der Waals surface area contributed by atoms with Crippen molar-refractivity contribution in [1.82, 2.24) is 10.2 Å². The van der Waals surface area contributed by atoms with Crippen molar-refractivity contribution >= 4 is 11.8 Å². The number of halogens is 1. The van der Waals surface area contributed by atoms with Crippen molar-refractivity contribution in [2.45, 2.75) is 51.7 Å². The molecule has 2 amide bonds. The predicted molar refractivity (Wildman–Crippen MR) is 135 cm³/mol. The second-order valence-corrected chi connectivity index (χ2v) is 9.20. The van der Waals surface area contributed by atoms with Crippen molar-refractivity contribution < 1.29 is 23.5 Å². The smallest absolute Gasteiger partial charge is 0.243 e. The van der Waals surface area contributed by atoms with E-state index in [1.807, 2.05) is 62.4 Å². The molecule has 3 aromatic carbocycles. The lowest BCUT2D eigenvalue weighted by Crippen LogP contribution is -2.51. The second-order valence-electron chi connectivity index (χ2n) is 9.20. The van der Waals surface area contributed by atoms with E-state index in [0.29, 0.717) is 24.3 Å². The number of aryl methyl sites for hydroxylation is 1. The van der Waals surface area contributed by atoms with E-state index in [4.69, 9.17) is 9.47 Å². The molecule has 0 aliphatic carbocycles. The molecule has 1 aliphatic heterocycles. The van der Waals surface area contributed by atoms with E-state index in [-0.39, 0.29) is 43.4 Å². The maximum Gasteiger partial charge on any atom is 0.243 e. The fraction of sp³-hybridized carbons (Fsp3) is 0.310. The van der Waals surface area contributed by atoms with Crippen LogP contribution in [0.1, 0.15) is 37.0 Å². The number of carbonyl (C=O) groups excluding carboxylic acids is 2. The van der Waals surface area contributed by atoms with Crippen molar-refractivity contribution in [1.29, 1.82) is 0 Å². The summed E-state index contributed by atoms with van der Waals surface area (Å²) in [5.74, 6) is 0.639. The number of hydrogen-bond donors (Lipinski definition) is 1. The Bertz CT molecular complexity index is 1180. The number of amides is 2. The summed E-state index contributed by atoms with van der Waals surface area (Å²) in [7, 11) is 0. The van der Waals surface area contributed by atoms with Crippen molar-refractivity contribution in [2.75, 3.05) is 6.79 Å². The standard InChI is InChI=1S/C29H31FN2O4/c1-20(2)31-29(34)25(16-21-6-4-3-5-7-21)32(18-23-8-12-24(30)13-9-23)28(33)15-11-22-10-14-26-27(17-22)36-19-35-26/h3-10,12-14,17,20,25H,11,15-16,18-19H2,1-2H3,(H,31,34). The summed E-state index contributed by atoms with van der Waals surface area (Å²) in [5, 5.41) is 2.97. The van der Waals surface area contributed by atoms with Crippen LogP contribution >= 0.6 is 0 Å². The Balaban J connectivity index is 1.59. The van der Waals surface area contributed by atoms with E-state index in [1.54, 1.807) is 17.0 Å². The molecule has 1 atom stereocenters. The van der Waals surface area contributed by atoms with E-state index >= 15 is 0 Å². The molecular weight excluding hydrogens is 459 g/mol. The van der Waals surface area contributed by atoms with Crippen LogP contribution in [0, 0.1) is 5.82 Å². The Morgan fingerprint density at radius 1 is 0.917 bits per heavy atom. The van der Waals surface area contributed by atoms with Crippen molar-refractivity contribution in [3.05, 3.63) is 95.3 Å². The molecule has 0 fully saturated rings. The lowest BCUT2D eigenvalue weighted by Gasteiger charge is -2.32. The first-order valence-electron chi connectivity index (χ1n) is 12.2. The minimum absolute atomic E-state index is 0.0767. The Hall–Kier alpha value is -3.87. The van der Waals surface area contributed by atoms with Crippen LogP contribution in [0.15, 0.2) is 72.8 Å². The zero-order valence-electron chi connectivity index (χ0n) is 20.6. The number of hydrogen-bond acceptors (Lipinski definition) is 4. The number of carbonyl (C=O) groups is 2. The fourth-order valence-corrected chi connectivity index (χ4v) is 4.21. The normalized spacial score (nSPS) is 12.9. The minimum Gasteiger partial charge on any atom is -0.454 e. The van der Waals surface area contributed by atoms with E-state index < -0.39 is 6.04 Å². The van der Waals surface area contributed by atoms with Crippen molar-refractivity contribution in [3.63, 3.8) is 0 Å². The first-order chi connectivity index (χ1) is 17.4. The van der Waals surface area contributed by atoms with Gasteiger partial charge in [0.2, 0.25) is 18.6 Å². The minimum atomic E-state index is -0.718. The second kappa shape index (κ2) is 11.7. The molecule has 0 saturated carbocycles. The average molecular weight is 491 g/mol. The molecule has 1 unspecified atom stereocenters. The maximum atomic E-state index is 13.7. The molecule has 0 aromatic heterocycles. The van der Waals surface area contributed by atoms with E-state index in [2.05, 4.69) is 5.32 Å². The van der Waals surface area contributed by atoms with Gasteiger partial charge in [-0.1, -0.05) is 48.5 Å². The number of benzene rings is 3. The molecule has 1 N–H and O–H groups in total. The molecule has 1 heterocycles. The van der Waals surface area contributed by atoms with E-state index in [9.17, 15) is 14.0 Å². The van der Waals surface area contributed by atoms with Gasteiger partial charge in [0.1, 0.15) is 11.9 Å². The van der Waals surface area contributed by atoms with Gasteiger partial charge in [0, 0.05) is 25.4 Å². The number of nitrogens with one attached hydrogen (secondary N) is 1. The topological polar surface area (TPSA) is 67.9 Å². The summed E-state index contributed by atoms with van der Waals surface area (Å²) in [6, 6.07) is 20.5. The largest absolute Gasteiger partial charge is 0.454 e. The van der Waals surface area contributed by atoms with Crippen LogP contribution in [-0.2, 0) is 29.0 Å². The van der Waals surface area contributed by atoms with Gasteiger partial charge in [-0.15, -0.1) is 0 Å². The monoisotopic (exact) mass is 490 g/mol. The van der Waals surface area contributed by atoms with Crippen molar-refractivity contribution in [3.8, 4) is 11.5 Å². The SMILES string of the molecule is CC(C)NC(=O)C(Cc1ccccc1)N(Cc1ccc(F)cc1)C(=O)CCc1ccc2c(c1)OCO2. The van der Waals surface area contributed by atoms with Crippen LogP contribution in [0.25, 0.3) is 0 Å². The summed E-state index contributed by atoms with van der Waals surface area (Å²) in [4.78, 5) is 28.6. The summed E-state index contributed by atoms with van der Waals surface area (Å²) in [6.07, 6.45) is 1.07. The lowest BCUT2D eigenvalue weighted by molar-refractivity contribution is -0.141. The Kier molecular flexibility index (Phi) is 8.21. The molecule has 7 heteroatoms. The predicted octanol–water partition coefficient (Wildman–Crippen LogP) is 4.65. The highest BCUT2D eigenvalue weighted by Crippen LogP contribution is 2.33. The first-order valence-corrected chi connectivity index (χ1v) is 12.2. The van der Waals surface area contributed by atoms with Gasteiger partial charge in [-0.3, -0.25) is 9.59 Å². The molecule has 1 aliphatic rings. The molecule has 6 nitrogen and oxygen atoms in total. The van der Waals surface area contributed by atoms with Crippen LogP contribution in [-0.4, -0.2) is 35.6 Å². The van der Waals surface area contributed by atoms with Gasteiger partial charge in [0.05, 0.1) is 0 Å². The fourth-order valence-electron chi connectivity index (χ4n) is 4.21. The highest BCUT2D eigenvalue weighted by molar-refractivity contribution is 5.88. The van der Waals surface area contributed by atoms with Gasteiger partial charge in [-0.05, 0) is 61.2 Å². The van der Waals surface area contributed by atoms with Crippen LogP contribution in [0.3, 0.4) is 0 Å². The molecule has 4 rings (SSSR count). The first kappa shape index (κ1) is 25.2. The molecule has 0 radical (unpaired) electrons. The van der Waals surface area contributed by atoms with Gasteiger partial charge in [0.15, 0.2) is 11.5 Å². The highest BCUT2D eigenvalue weighted by atomic mass is 19.1. The third-order valence-electron chi connectivity index (χ3n) is 6.03. The molecule has 0 saturated heterocycles. The van der Waals surface area contributed by atoms with Crippen LogP contribution in [0.5, 0.6) is 11.5 Å². The molecule has 188 valence electrons. The van der Waals surface area contributed by atoms with Gasteiger partial charge < -0.3 is 19.7 Å². The molecular formula is C29H31FN2O4.